The van der Waals surface area contributed by atoms with Crippen LogP contribution < -0.4 is 10.6 Å². The minimum atomic E-state index is -1.06. The van der Waals surface area contributed by atoms with Gasteiger partial charge in [0.2, 0.25) is 11.8 Å². The third-order valence-corrected chi connectivity index (χ3v) is 5.96. The van der Waals surface area contributed by atoms with E-state index in [1.807, 2.05) is 65.8 Å². The van der Waals surface area contributed by atoms with Crippen molar-refractivity contribution in [1.29, 1.82) is 0 Å². The lowest BCUT2D eigenvalue weighted by molar-refractivity contribution is -0.150. The summed E-state index contributed by atoms with van der Waals surface area (Å²) in [5.74, 6) is -1.80. The van der Waals surface area contributed by atoms with Gasteiger partial charge in [-0.15, -0.1) is 0 Å². The topological polar surface area (TPSA) is 114 Å². The minimum absolute atomic E-state index is 0.244. The molecule has 3 amide bonds. The maximum absolute atomic E-state index is 14.2. The fourth-order valence-corrected chi connectivity index (χ4v) is 3.79. The SMILES string of the molecule is CCc1ccc(C(C(=O)NCC(=O)OC)N(C(=O)C(NC(=O)OC(C)(C)C)C(C)CC)C(C)(C)C)cc1. The van der Waals surface area contributed by atoms with E-state index in [0.717, 1.165) is 12.0 Å². The Balaban J connectivity index is 3.59. The third kappa shape index (κ3) is 9.70. The van der Waals surface area contributed by atoms with Gasteiger partial charge in [0, 0.05) is 5.54 Å². The summed E-state index contributed by atoms with van der Waals surface area (Å²) in [5, 5.41) is 5.34. The van der Waals surface area contributed by atoms with Crippen molar-refractivity contribution in [2.24, 2.45) is 5.92 Å². The van der Waals surface area contributed by atoms with E-state index in [2.05, 4.69) is 15.4 Å². The molecule has 1 aromatic rings. The number of rotatable bonds is 10. The van der Waals surface area contributed by atoms with Gasteiger partial charge in [-0.3, -0.25) is 14.4 Å². The predicted molar refractivity (Wildman–Crippen MR) is 143 cm³/mol. The summed E-state index contributed by atoms with van der Waals surface area (Å²) >= 11 is 0. The molecular weight excluding hydrogens is 474 g/mol. The molecule has 9 nitrogen and oxygen atoms in total. The lowest BCUT2D eigenvalue weighted by atomic mass is 9.91. The van der Waals surface area contributed by atoms with E-state index in [-0.39, 0.29) is 12.5 Å². The molecule has 37 heavy (non-hydrogen) atoms. The molecule has 9 heteroatoms. The number of carbonyl (C=O) groups is 4. The molecule has 0 aliphatic heterocycles. The van der Waals surface area contributed by atoms with Crippen LogP contribution in [0.5, 0.6) is 0 Å². The van der Waals surface area contributed by atoms with Crippen LogP contribution in [0.3, 0.4) is 0 Å². The Morgan fingerprint density at radius 1 is 0.973 bits per heavy atom. The van der Waals surface area contributed by atoms with E-state index in [1.54, 1.807) is 20.8 Å². The molecule has 0 aromatic heterocycles. The van der Waals surface area contributed by atoms with Crippen LogP contribution in [0.15, 0.2) is 24.3 Å². The Labute approximate surface area is 221 Å². The second kappa shape index (κ2) is 13.4. The molecule has 0 aliphatic rings. The lowest BCUT2D eigenvalue weighted by Gasteiger charge is -2.43. The molecule has 0 heterocycles. The van der Waals surface area contributed by atoms with Crippen molar-refractivity contribution < 1.29 is 28.7 Å². The summed E-state index contributed by atoms with van der Waals surface area (Å²) in [6.45, 7) is 16.2. The molecule has 0 aliphatic carbocycles. The summed E-state index contributed by atoms with van der Waals surface area (Å²) < 4.78 is 10.1. The van der Waals surface area contributed by atoms with Crippen molar-refractivity contribution in [3.63, 3.8) is 0 Å². The number of amides is 3. The first-order chi connectivity index (χ1) is 17.0. The average Bonchev–Trinajstić information content (AvgIpc) is 2.81. The van der Waals surface area contributed by atoms with Gasteiger partial charge in [-0.2, -0.15) is 0 Å². The van der Waals surface area contributed by atoms with E-state index in [9.17, 15) is 19.2 Å². The van der Waals surface area contributed by atoms with E-state index in [4.69, 9.17) is 4.74 Å². The van der Waals surface area contributed by atoms with Crippen LogP contribution >= 0.6 is 0 Å². The first-order valence-corrected chi connectivity index (χ1v) is 12.8. The van der Waals surface area contributed by atoms with Crippen LogP contribution in [-0.4, -0.2) is 59.6 Å². The number of benzene rings is 1. The number of carbonyl (C=O) groups excluding carboxylic acids is 4. The Hall–Kier alpha value is -3.10. The maximum atomic E-state index is 14.2. The van der Waals surface area contributed by atoms with Gasteiger partial charge in [0.1, 0.15) is 24.2 Å². The summed E-state index contributed by atoms with van der Waals surface area (Å²) in [7, 11) is 1.24. The first kappa shape index (κ1) is 31.9. The molecule has 0 radical (unpaired) electrons. The highest BCUT2D eigenvalue weighted by molar-refractivity contribution is 5.93. The summed E-state index contributed by atoms with van der Waals surface area (Å²) in [4.78, 5) is 53.7. The molecule has 0 fully saturated rings. The molecule has 2 N–H and O–H groups in total. The zero-order chi connectivity index (χ0) is 28.6. The number of hydrogen-bond donors (Lipinski definition) is 2. The smallest absolute Gasteiger partial charge is 0.408 e. The zero-order valence-corrected chi connectivity index (χ0v) is 24.1. The van der Waals surface area contributed by atoms with E-state index >= 15 is 0 Å². The number of hydrogen-bond acceptors (Lipinski definition) is 6. The molecular formula is C28H45N3O6. The largest absolute Gasteiger partial charge is 0.468 e. The van der Waals surface area contributed by atoms with E-state index in [1.165, 1.54) is 12.0 Å². The number of nitrogens with zero attached hydrogens (tertiary/aromatic N) is 1. The molecule has 0 saturated heterocycles. The molecule has 1 aromatic carbocycles. The Bertz CT molecular complexity index is 931. The number of nitrogens with one attached hydrogen (secondary N) is 2. The average molecular weight is 520 g/mol. The van der Waals surface area contributed by atoms with Gasteiger partial charge in [-0.1, -0.05) is 51.5 Å². The van der Waals surface area contributed by atoms with Gasteiger partial charge in [0.15, 0.2) is 0 Å². The van der Waals surface area contributed by atoms with Crippen LogP contribution in [0.1, 0.15) is 85.9 Å². The number of alkyl carbamates (subject to hydrolysis) is 1. The van der Waals surface area contributed by atoms with Crippen molar-refractivity contribution in [3.8, 4) is 0 Å². The van der Waals surface area contributed by atoms with Crippen molar-refractivity contribution in [1.82, 2.24) is 15.5 Å². The molecule has 0 saturated carbocycles. The Morgan fingerprint density at radius 3 is 1.97 bits per heavy atom. The number of methoxy groups -OCH3 is 1. The monoisotopic (exact) mass is 519 g/mol. The molecule has 1 rings (SSSR count). The van der Waals surface area contributed by atoms with E-state index < -0.39 is 47.1 Å². The number of ether oxygens (including phenoxy) is 2. The number of aryl methyl sites for hydroxylation is 1. The van der Waals surface area contributed by atoms with E-state index in [0.29, 0.717) is 12.0 Å². The summed E-state index contributed by atoms with van der Waals surface area (Å²) in [5.41, 5.74) is 0.0988. The molecule has 0 spiro atoms. The normalized spacial score (nSPS) is 14.1. The second-order valence-electron chi connectivity index (χ2n) is 11.2. The molecule has 3 atom stereocenters. The highest BCUT2D eigenvalue weighted by atomic mass is 16.6. The standard InChI is InChI=1S/C28H45N3O6/c1-11-18(3)22(30-26(35)37-28(7,8)9)25(34)31(27(4,5)6)23(24(33)29-17-21(32)36-10)20-15-13-19(12-2)14-16-20/h13-16,18,22-23H,11-12,17H2,1-10H3,(H,29,33)(H,30,35). The lowest BCUT2D eigenvalue weighted by Crippen LogP contribution is -2.60. The van der Waals surface area contributed by atoms with Crippen LogP contribution in [0.25, 0.3) is 0 Å². The van der Waals surface area contributed by atoms with Crippen LogP contribution in [0, 0.1) is 5.92 Å². The highest BCUT2D eigenvalue weighted by Gasteiger charge is 2.43. The summed E-state index contributed by atoms with van der Waals surface area (Å²) in [6.07, 6.45) is 0.713. The van der Waals surface area contributed by atoms with Crippen LogP contribution in [-0.2, 0) is 30.3 Å². The van der Waals surface area contributed by atoms with Crippen molar-refractivity contribution in [3.05, 3.63) is 35.4 Å². The quantitative estimate of drug-likeness (QED) is 0.449. The van der Waals surface area contributed by atoms with Crippen LogP contribution in [0.4, 0.5) is 4.79 Å². The molecule has 0 bridgehead atoms. The van der Waals surface area contributed by atoms with Gasteiger partial charge in [-0.25, -0.2) is 4.79 Å². The van der Waals surface area contributed by atoms with Gasteiger partial charge in [0.25, 0.3) is 0 Å². The fourth-order valence-electron chi connectivity index (χ4n) is 3.79. The highest BCUT2D eigenvalue weighted by Crippen LogP contribution is 2.31. The van der Waals surface area contributed by atoms with Gasteiger partial charge >= 0.3 is 12.1 Å². The predicted octanol–water partition coefficient (Wildman–Crippen LogP) is 4.15. The van der Waals surface area contributed by atoms with Gasteiger partial charge < -0.3 is 25.0 Å². The van der Waals surface area contributed by atoms with Crippen LogP contribution in [0.2, 0.25) is 0 Å². The molecule has 208 valence electrons. The second-order valence-corrected chi connectivity index (χ2v) is 11.2. The zero-order valence-electron chi connectivity index (χ0n) is 24.1. The number of esters is 1. The fraction of sp³-hybridized carbons (Fsp3) is 0.643. The summed E-state index contributed by atoms with van der Waals surface area (Å²) in [6, 6.07) is 5.44. The van der Waals surface area contributed by atoms with Crippen molar-refractivity contribution in [2.75, 3.05) is 13.7 Å². The van der Waals surface area contributed by atoms with Gasteiger partial charge in [0.05, 0.1) is 7.11 Å². The van der Waals surface area contributed by atoms with Crippen molar-refractivity contribution >= 4 is 23.9 Å². The maximum Gasteiger partial charge on any atom is 0.408 e. The van der Waals surface area contributed by atoms with Crippen molar-refractivity contribution in [2.45, 2.75) is 98.4 Å². The molecule has 3 unspecified atom stereocenters. The Kier molecular flexibility index (Phi) is 11.6. The first-order valence-electron chi connectivity index (χ1n) is 12.8. The minimum Gasteiger partial charge on any atom is -0.468 e. The third-order valence-electron chi connectivity index (χ3n) is 5.96. The van der Waals surface area contributed by atoms with Gasteiger partial charge in [-0.05, 0) is 65.0 Å². The Morgan fingerprint density at radius 2 is 1.54 bits per heavy atom.